The van der Waals surface area contributed by atoms with Crippen LogP contribution in [0.4, 0.5) is 5.69 Å². The molecule has 0 unspecified atom stereocenters. The van der Waals surface area contributed by atoms with Gasteiger partial charge in [0.05, 0.1) is 26.5 Å². The molecular formula is C18H21ClN2O3. The maximum absolute atomic E-state index is 12.2. The first-order valence-corrected chi connectivity index (χ1v) is 7.85. The summed E-state index contributed by atoms with van der Waals surface area (Å²) in [6, 6.07) is 12.8. The van der Waals surface area contributed by atoms with Gasteiger partial charge in [0.2, 0.25) is 5.91 Å². The normalized spacial score (nSPS) is 10.5. The molecular weight excluding hydrogens is 328 g/mol. The molecule has 24 heavy (non-hydrogen) atoms. The van der Waals surface area contributed by atoms with E-state index < -0.39 is 0 Å². The Kier molecular flexibility index (Phi) is 6.46. The average molecular weight is 349 g/mol. The van der Waals surface area contributed by atoms with Crippen molar-refractivity contribution >= 4 is 23.2 Å². The number of hydrogen-bond donors (Lipinski definition) is 1. The van der Waals surface area contributed by atoms with E-state index in [1.165, 1.54) is 0 Å². The van der Waals surface area contributed by atoms with Crippen LogP contribution in [0.5, 0.6) is 11.5 Å². The van der Waals surface area contributed by atoms with Crippen molar-refractivity contribution in [2.75, 3.05) is 33.1 Å². The van der Waals surface area contributed by atoms with Gasteiger partial charge in [0.1, 0.15) is 11.5 Å². The van der Waals surface area contributed by atoms with Gasteiger partial charge in [-0.15, -0.1) is 0 Å². The standard InChI is InChI=1S/C18H21ClN2O3/c1-21(11-13-6-4-5-7-15(13)19)12-18(22)20-16-9-8-14(23-2)10-17(16)24-3/h4-10H,11-12H2,1-3H3,(H,20,22). The minimum absolute atomic E-state index is 0.131. The molecule has 0 heterocycles. The Hall–Kier alpha value is -2.24. The van der Waals surface area contributed by atoms with Crippen molar-refractivity contribution in [1.82, 2.24) is 4.90 Å². The summed E-state index contributed by atoms with van der Waals surface area (Å²) >= 11 is 6.15. The Morgan fingerprint density at radius 3 is 2.58 bits per heavy atom. The first-order chi connectivity index (χ1) is 11.5. The van der Waals surface area contributed by atoms with Crippen LogP contribution < -0.4 is 14.8 Å². The number of likely N-dealkylation sites (N-methyl/N-ethyl adjacent to an activating group) is 1. The molecule has 0 aliphatic heterocycles. The lowest BCUT2D eigenvalue weighted by molar-refractivity contribution is -0.117. The first-order valence-electron chi connectivity index (χ1n) is 7.47. The van der Waals surface area contributed by atoms with Gasteiger partial charge in [0, 0.05) is 17.6 Å². The van der Waals surface area contributed by atoms with Crippen LogP contribution in [0.1, 0.15) is 5.56 Å². The summed E-state index contributed by atoms with van der Waals surface area (Å²) in [5, 5.41) is 3.55. The van der Waals surface area contributed by atoms with Gasteiger partial charge >= 0.3 is 0 Å². The number of nitrogens with one attached hydrogen (secondary N) is 1. The quantitative estimate of drug-likeness (QED) is 0.833. The summed E-state index contributed by atoms with van der Waals surface area (Å²) in [6.07, 6.45) is 0. The molecule has 0 fully saturated rings. The van der Waals surface area contributed by atoms with Gasteiger partial charge in [-0.3, -0.25) is 9.69 Å². The molecule has 0 aliphatic carbocycles. The third-order valence-electron chi connectivity index (χ3n) is 3.49. The summed E-state index contributed by atoms with van der Waals surface area (Å²) in [7, 11) is 5.00. The van der Waals surface area contributed by atoms with E-state index in [4.69, 9.17) is 21.1 Å². The minimum Gasteiger partial charge on any atom is -0.497 e. The molecule has 0 atom stereocenters. The molecule has 2 aromatic rings. The van der Waals surface area contributed by atoms with E-state index in [9.17, 15) is 4.79 Å². The molecule has 0 saturated heterocycles. The van der Waals surface area contributed by atoms with Crippen molar-refractivity contribution in [3.05, 3.63) is 53.1 Å². The molecule has 0 saturated carbocycles. The van der Waals surface area contributed by atoms with Gasteiger partial charge in [0.25, 0.3) is 0 Å². The molecule has 0 aromatic heterocycles. The fourth-order valence-electron chi connectivity index (χ4n) is 2.31. The monoisotopic (exact) mass is 348 g/mol. The number of benzene rings is 2. The zero-order valence-electron chi connectivity index (χ0n) is 14.0. The summed E-state index contributed by atoms with van der Waals surface area (Å²) < 4.78 is 10.4. The maximum atomic E-state index is 12.2. The zero-order valence-corrected chi connectivity index (χ0v) is 14.8. The molecule has 2 rings (SSSR count). The van der Waals surface area contributed by atoms with E-state index in [-0.39, 0.29) is 12.5 Å². The number of rotatable bonds is 7. The summed E-state index contributed by atoms with van der Waals surface area (Å²) in [5.74, 6) is 1.09. The number of halogens is 1. The molecule has 0 radical (unpaired) electrons. The largest absolute Gasteiger partial charge is 0.497 e. The smallest absolute Gasteiger partial charge is 0.238 e. The van der Waals surface area contributed by atoms with Crippen molar-refractivity contribution in [3.63, 3.8) is 0 Å². The number of hydrogen-bond acceptors (Lipinski definition) is 4. The number of nitrogens with zero attached hydrogens (tertiary/aromatic N) is 1. The highest BCUT2D eigenvalue weighted by atomic mass is 35.5. The number of methoxy groups -OCH3 is 2. The lowest BCUT2D eigenvalue weighted by atomic mass is 10.2. The highest BCUT2D eigenvalue weighted by Crippen LogP contribution is 2.29. The van der Waals surface area contributed by atoms with Crippen LogP contribution in [0.2, 0.25) is 5.02 Å². The van der Waals surface area contributed by atoms with Gasteiger partial charge in [-0.2, -0.15) is 0 Å². The lowest BCUT2D eigenvalue weighted by Gasteiger charge is -2.18. The molecule has 0 spiro atoms. The van der Waals surface area contributed by atoms with Crippen molar-refractivity contribution in [3.8, 4) is 11.5 Å². The van der Waals surface area contributed by atoms with Crippen LogP contribution in [0.25, 0.3) is 0 Å². The third-order valence-corrected chi connectivity index (χ3v) is 3.86. The van der Waals surface area contributed by atoms with Crippen LogP contribution in [-0.4, -0.2) is 38.6 Å². The number of anilines is 1. The first kappa shape index (κ1) is 18.1. The molecule has 1 amide bonds. The second kappa shape index (κ2) is 8.57. The van der Waals surface area contributed by atoms with Gasteiger partial charge in [-0.25, -0.2) is 0 Å². The number of ether oxygens (including phenoxy) is 2. The summed E-state index contributed by atoms with van der Waals surface area (Å²) in [6.45, 7) is 0.827. The predicted octanol–water partition coefficient (Wildman–Crippen LogP) is 3.43. The van der Waals surface area contributed by atoms with Crippen LogP contribution in [0, 0.1) is 0 Å². The Balaban J connectivity index is 1.96. The van der Waals surface area contributed by atoms with Gasteiger partial charge < -0.3 is 14.8 Å². The molecule has 5 nitrogen and oxygen atoms in total. The number of carbonyl (C=O) groups is 1. The van der Waals surface area contributed by atoms with Gasteiger partial charge in [-0.05, 0) is 30.8 Å². The number of amides is 1. The van der Waals surface area contributed by atoms with Gasteiger partial charge in [-0.1, -0.05) is 29.8 Å². The van der Waals surface area contributed by atoms with Crippen molar-refractivity contribution in [2.45, 2.75) is 6.54 Å². The topological polar surface area (TPSA) is 50.8 Å². The fourth-order valence-corrected chi connectivity index (χ4v) is 2.51. The van der Waals surface area contributed by atoms with Crippen molar-refractivity contribution in [1.29, 1.82) is 0 Å². The van der Waals surface area contributed by atoms with Crippen LogP contribution in [0.3, 0.4) is 0 Å². The van der Waals surface area contributed by atoms with Crippen LogP contribution in [-0.2, 0) is 11.3 Å². The zero-order chi connectivity index (χ0) is 17.5. The predicted molar refractivity (Wildman–Crippen MR) is 96.0 cm³/mol. The lowest BCUT2D eigenvalue weighted by Crippen LogP contribution is -2.30. The molecule has 1 N–H and O–H groups in total. The Bertz CT molecular complexity index is 706. The highest BCUT2D eigenvalue weighted by Gasteiger charge is 2.12. The van der Waals surface area contributed by atoms with Crippen molar-refractivity contribution < 1.29 is 14.3 Å². The maximum Gasteiger partial charge on any atom is 0.238 e. The van der Waals surface area contributed by atoms with E-state index >= 15 is 0 Å². The summed E-state index contributed by atoms with van der Waals surface area (Å²) in [5.41, 5.74) is 1.59. The summed E-state index contributed by atoms with van der Waals surface area (Å²) in [4.78, 5) is 14.1. The molecule has 128 valence electrons. The Morgan fingerprint density at radius 1 is 1.17 bits per heavy atom. The van der Waals surface area contributed by atoms with E-state index in [1.54, 1.807) is 32.4 Å². The van der Waals surface area contributed by atoms with E-state index in [2.05, 4.69) is 5.32 Å². The second-order valence-corrected chi connectivity index (χ2v) is 5.79. The van der Waals surface area contributed by atoms with Crippen LogP contribution >= 0.6 is 11.6 Å². The van der Waals surface area contributed by atoms with Gasteiger partial charge in [0.15, 0.2) is 0 Å². The minimum atomic E-state index is -0.131. The average Bonchev–Trinajstić information content (AvgIpc) is 2.57. The van der Waals surface area contributed by atoms with E-state index in [0.29, 0.717) is 28.8 Å². The molecule has 6 heteroatoms. The molecule has 0 bridgehead atoms. The molecule has 2 aromatic carbocycles. The van der Waals surface area contributed by atoms with Crippen LogP contribution in [0.15, 0.2) is 42.5 Å². The molecule has 0 aliphatic rings. The highest BCUT2D eigenvalue weighted by molar-refractivity contribution is 6.31. The Morgan fingerprint density at radius 2 is 1.92 bits per heavy atom. The third kappa shape index (κ3) is 4.88. The number of carbonyl (C=O) groups excluding carboxylic acids is 1. The van der Waals surface area contributed by atoms with Crippen molar-refractivity contribution in [2.24, 2.45) is 0 Å². The fraction of sp³-hybridized carbons (Fsp3) is 0.278. The Labute approximate surface area is 147 Å². The van der Waals surface area contributed by atoms with E-state index in [0.717, 1.165) is 5.56 Å². The SMILES string of the molecule is COc1ccc(NC(=O)CN(C)Cc2ccccc2Cl)c(OC)c1. The second-order valence-electron chi connectivity index (χ2n) is 5.38. The van der Waals surface area contributed by atoms with E-state index in [1.807, 2.05) is 36.2 Å².